The number of benzene rings is 2. The minimum absolute atomic E-state index is 0.0728. The van der Waals surface area contributed by atoms with Crippen LogP contribution in [0, 0.1) is 15.2 Å². The van der Waals surface area contributed by atoms with Crippen LogP contribution in [-0.4, -0.2) is 11.8 Å². The molecule has 0 atom stereocenters. The summed E-state index contributed by atoms with van der Waals surface area (Å²) in [7, 11) is 0. The molecular weight excluding hydrogens is 405 g/mol. The van der Waals surface area contributed by atoms with Crippen LogP contribution in [0.4, 0.5) is 20.2 Å². The Bertz CT molecular complexity index is 750. The summed E-state index contributed by atoms with van der Waals surface area (Å²) < 4.78 is 27.2. The average Bonchev–Trinajstić information content (AvgIpc) is 2.41. The van der Waals surface area contributed by atoms with Crippen LogP contribution in [0.2, 0.25) is 0 Å². The molecule has 0 bridgehead atoms. The van der Waals surface area contributed by atoms with Crippen LogP contribution < -0.4 is 10.6 Å². The predicted molar refractivity (Wildman–Crippen MR) is 87.8 cm³/mol. The molecule has 0 aliphatic carbocycles. The Kier molecular flexibility index (Phi) is 5.07. The molecule has 0 saturated heterocycles. The second-order valence-corrected chi connectivity index (χ2v) is 5.62. The minimum Gasteiger partial charge on any atom is -0.326 e. The molecule has 0 radical (unpaired) electrons. The van der Waals surface area contributed by atoms with E-state index in [1.807, 2.05) is 22.6 Å². The summed E-state index contributed by atoms with van der Waals surface area (Å²) >= 11 is 1.82. The molecule has 0 aromatic heterocycles. The first kappa shape index (κ1) is 16.3. The van der Waals surface area contributed by atoms with Gasteiger partial charge in [-0.3, -0.25) is 9.59 Å². The third-order valence-electron chi connectivity index (χ3n) is 2.71. The number of hydrogen-bond acceptors (Lipinski definition) is 2. The van der Waals surface area contributed by atoms with Crippen molar-refractivity contribution in [3.05, 3.63) is 57.2 Å². The Balaban J connectivity index is 2.25. The summed E-state index contributed by atoms with van der Waals surface area (Å²) in [5.74, 6) is -1.97. The molecule has 0 unspecified atom stereocenters. The van der Waals surface area contributed by atoms with Gasteiger partial charge in [0.2, 0.25) is 5.91 Å². The molecule has 2 rings (SSSR count). The van der Waals surface area contributed by atoms with Gasteiger partial charge in [0.05, 0.1) is 11.3 Å². The van der Waals surface area contributed by atoms with E-state index in [9.17, 15) is 18.4 Å². The van der Waals surface area contributed by atoms with Crippen molar-refractivity contribution >= 4 is 45.8 Å². The molecule has 0 fully saturated rings. The minimum atomic E-state index is -0.639. The zero-order valence-corrected chi connectivity index (χ0v) is 13.6. The second-order valence-electron chi connectivity index (χ2n) is 4.45. The van der Waals surface area contributed by atoms with Gasteiger partial charge in [0, 0.05) is 16.2 Å². The standard InChI is InChI=1S/C15H11F2IN2O2/c1-8(21)19-10-3-5-12(17)14(7-10)20-15(22)11-4-2-9(16)6-13(11)18/h2-7H,1H3,(H,19,21)(H,20,22). The molecule has 2 aromatic carbocycles. The Morgan fingerprint density at radius 2 is 1.77 bits per heavy atom. The maximum absolute atomic E-state index is 13.8. The van der Waals surface area contributed by atoms with Crippen LogP contribution in [0.5, 0.6) is 0 Å². The molecule has 2 N–H and O–H groups in total. The molecule has 0 saturated carbocycles. The van der Waals surface area contributed by atoms with Crippen molar-refractivity contribution in [1.82, 2.24) is 0 Å². The van der Waals surface area contributed by atoms with Gasteiger partial charge < -0.3 is 10.6 Å². The first-order valence-electron chi connectivity index (χ1n) is 6.20. The number of hydrogen-bond donors (Lipinski definition) is 2. The van der Waals surface area contributed by atoms with Crippen LogP contribution in [-0.2, 0) is 4.79 Å². The van der Waals surface area contributed by atoms with Crippen molar-refractivity contribution in [2.75, 3.05) is 10.6 Å². The number of anilines is 2. The number of carbonyl (C=O) groups is 2. The third-order valence-corrected chi connectivity index (χ3v) is 3.60. The van der Waals surface area contributed by atoms with E-state index < -0.39 is 17.5 Å². The Morgan fingerprint density at radius 3 is 2.41 bits per heavy atom. The molecule has 0 heterocycles. The zero-order chi connectivity index (χ0) is 16.3. The largest absolute Gasteiger partial charge is 0.326 e. The first-order valence-corrected chi connectivity index (χ1v) is 7.28. The second kappa shape index (κ2) is 6.82. The maximum Gasteiger partial charge on any atom is 0.256 e. The summed E-state index contributed by atoms with van der Waals surface area (Å²) in [6.45, 7) is 1.32. The van der Waals surface area contributed by atoms with Gasteiger partial charge in [-0.05, 0) is 59.0 Å². The van der Waals surface area contributed by atoms with Gasteiger partial charge in [-0.1, -0.05) is 0 Å². The van der Waals surface area contributed by atoms with Crippen molar-refractivity contribution in [2.24, 2.45) is 0 Å². The number of halogens is 3. The fraction of sp³-hybridized carbons (Fsp3) is 0.0667. The van der Waals surface area contributed by atoms with Gasteiger partial charge in [-0.25, -0.2) is 8.78 Å². The van der Waals surface area contributed by atoms with E-state index in [-0.39, 0.29) is 17.2 Å². The topological polar surface area (TPSA) is 58.2 Å². The lowest BCUT2D eigenvalue weighted by molar-refractivity contribution is -0.114. The van der Waals surface area contributed by atoms with Gasteiger partial charge >= 0.3 is 0 Å². The van der Waals surface area contributed by atoms with Crippen molar-refractivity contribution in [2.45, 2.75) is 6.92 Å². The molecule has 22 heavy (non-hydrogen) atoms. The lowest BCUT2D eigenvalue weighted by Crippen LogP contribution is -2.15. The Morgan fingerprint density at radius 1 is 1.05 bits per heavy atom. The van der Waals surface area contributed by atoms with Gasteiger partial charge in [0.1, 0.15) is 11.6 Å². The highest BCUT2D eigenvalue weighted by Gasteiger charge is 2.13. The lowest BCUT2D eigenvalue weighted by Gasteiger charge is -2.10. The molecule has 0 aliphatic rings. The Labute approximate surface area is 139 Å². The van der Waals surface area contributed by atoms with Gasteiger partial charge in [0.25, 0.3) is 5.91 Å². The first-order chi connectivity index (χ1) is 10.4. The Hall–Kier alpha value is -2.03. The molecule has 114 valence electrons. The summed E-state index contributed by atoms with van der Waals surface area (Å²) in [4.78, 5) is 23.1. The van der Waals surface area contributed by atoms with Crippen molar-refractivity contribution in [3.8, 4) is 0 Å². The SMILES string of the molecule is CC(=O)Nc1ccc(F)c(NC(=O)c2ccc(F)cc2I)c1. The summed E-state index contributed by atoms with van der Waals surface area (Å²) in [5, 5.41) is 4.90. The highest BCUT2D eigenvalue weighted by molar-refractivity contribution is 14.1. The van der Waals surface area contributed by atoms with E-state index in [0.29, 0.717) is 9.26 Å². The van der Waals surface area contributed by atoms with E-state index in [1.165, 1.54) is 31.2 Å². The molecule has 2 aromatic rings. The highest BCUT2D eigenvalue weighted by Crippen LogP contribution is 2.22. The quantitative estimate of drug-likeness (QED) is 0.749. The maximum atomic E-state index is 13.8. The molecule has 0 aliphatic heterocycles. The number of nitrogens with one attached hydrogen (secondary N) is 2. The van der Waals surface area contributed by atoms with E-state index in [2.05, 4.69) is 10.6 Å². The summed E-state index contributed by atoms with van der Waals surface area (Å²) in [6, 6.07) is 7.51. The van der Waals surface area contributed by atoms with Crippen LogP contribution in [0.1, 0.15) is 17.3 Å². The molecular formula is C15H11F2IN2O2. The lowest BCUT2D eigenvalue weighted by atomic mass is 10.2. The van der Waals surface area contributed by atoms with Crippen molar-refractivity contribution < 1.29 is 18.4 Å². The van der Waals surface area contributed by atoms with E-state index in [1.54, 1.807) is 0 Å². The number of carbonyl (C=O) groups excluding carboxylic acids is 2. The molecule has 7 heteroatoms. The average molecular weight is 416 g/mol. The smallest absolute Gasteiger partial charge is 0.256 e. The highest BCUT2D eigenvalue weighted by atomic mass is 127. The van der Waals surface area contributed by atoms with E-state index >= 15 is 0 Å². The van der Waals surface area contributed by atoms with Crippen molar-refractivity contribution in [1.29, 1.82) is 0 Å². The molecule has 0 spiro atoms. The number of rotatable bonds is 3. The zero-order valence-electron chi connectivity index (χ0n) is 11.4. The monoisotopic (exact) mass is 416 g/mol. The molecule has 4 nitrogen and oxygen atoms in total. The summed E-state index contributed by atoms with van der Waals surface area (Å²) in [5.41, 5.74) is 0.515. The predicted octanol–water partition coefficient (Wildman–Crippen LogP) is 3.78. The van der Waals surface area contributed by atoms with Gasteiger partial charge in [-0.15, -0.1) is 0 Å². The van der Waals surface area contributed by atoms with Gasteiger partial charge in [0.15, 0.2) is 0 Å². The van der Waals surface area contributed by atoms with Gasteiger partial charge in [-0.2, -0.15) is 0 Å². The molecule has 2 amide bonds. The fourth-order valence-electron chi connectivity index (χ4n) is 1.77. The fourth-order valence-corrected chi connectivity index (χ4v) is 2.49. The van der Waals surface area contributed by atoms with Crippen LogP contribution in [0.25, 0.3) is 0 Å². The normalized spacial score (nSPS) is 10.2. The van der Waals surface area contributed by atoms with Crippen LogP contribution in [0.3, 0.4) is 0 Å². The summed E-state index contributed by atoms with van der Waals surface area (Å²) in [6.07, 6.45) is 0. The van der Waals surface area contributed by atoms with Crippen molar-refractivity contribution in [3.63, 3.8) is 0 Å². The van der Waals surface area contributed by atoms with E-state index in [0.717, 1.165) is 12.1 Å². The third kappa shape index (κ3) is 4.00. The number of amides is 2. The van der Waals surface area contributed by atoms with Crippen LogP contribution >= 0.6 is 22.6 Å². The van der Waals surface area contributed by atoms with Crippen LogP contribution in [0.15, 0.2) is 36.4 Å². The van der Waals surface area contributed by atoms with E-state index in [4.69, 9.17) is 0 Å².